The quantitative estimate of drug-likeness (QED) is 0.567. The van der Waals surface area contributed by atoms with Gasteiger partial charge in [0.1, 0.15) is 0 Å². The van der Waals surface area contributed by atoms with Crippen molar-refractivity contribution in [1.82, 2.24) is 10.2 Å². The molecule has 1 amide bonds. The standard InChI is InChI=1S/C8H14N2O/c1-2-3-5-10-6-4-9-8(11)7-10/h2-3H,4-7H2,1H3,(H,9,11)/b3-2+. The Bertz CT molecular complexity index is 165. The lowest BCUT2D eigenvalue weighted by molar-refractivity contribution is -0.123. The van der Waals surface area contributed by atoms with Crippen LogP contribution in [0.4, 0.5) is 0 Å². The van der Waals surface area contributed by atoms with E-state index in [0.717, 1.165) is 19.6 Å². The van der Waals surface area contributed by atoms with E-state index < -0.39 is 0 Å². The maximum Gasteiger partial charge on any atom is 0.234 e. The number of carbonyl (C=O) groups is 1. The fourth-order valence-corrected chi connectivity index (χ4v) is 1.10. The number of hydrogen-bond acceptors (Lipinski definition) is 2. The topological polar surface area (TPSA) is 32.3 Å². The van der Waals surface area contributed by atoms with Crippen molar-refractivity contribution in [3.05, 3.63) is 12.2 Å². The molecule has 3 nitrogen and oxygen atoms in total. The molecule has 1 rings (SSSR count). The van der Waals surface area contributed by atoms with E-state index >= 15 is 0 Å². The van der Waals surface area contributed by atoms with Crippen LogP contribution in [0.25, 0.3) is 0 Å². The van der Waals surface area contributed by atoms with Gasteiger partial charge in [-0.3, -0.25) is 9.69 Å². The number of piperazine rings is 1. The summed E-state index contributed by atoms with van der Waals surface area (Å²) in [5, 5.41) is 2.78. The van der Waals surface area contributed by atoms with Crippen molar-refractivity contribution in [3.8, 4) is 0 Å². The molecule has 1 saturated heterocycles. The zero-order chi connectivity index (χ0) is 8.10. The summed E-state index contributed by atoms with van der Waals surface area (Å²) >= 11 is 0. The first-order valence-electron chi connectivity index (χ1n) is 3.93. The molecule has 0 aromatic rings. The first-order chi connectivity index (χ1) is 5.33. The maximum absolute atomic E-state index is 10.9. The third-order valence-corrected chi connectivity index (χ3v) is 1.72. The van der Waals surface area contributed by atoms with Crippen molar-refractivity contribution in [2.24, 2.45) is 0 Å². The molecule has 0 atom stereocenters. The van der Waals surface area contributed by atoms with Crippen molar-refractivity contribution >= 4 is 5.91 Å². The second-order valence-corrected chi connectivity index (χ2v) is 2.65. The zero-order valence-corrected chi connectivity index (χ0v) is 6.84. The molecule has 1 fully saturated rings. The molecular weight excluding hydrogens is 140 g/mol. The minimum Gasteiger partial charge on any atom is -0.354 e. The molecule has 0 bridgehead atoms. The Balaban J connectivity index is 2.28. The van der Waals surface area contributed by atoms with Crippen LogP contribution in [-0.4, -0.2) is 37.0 Å². The van der Waals surface area contributed by atoms with E-state index in [1.54, 1.807) is 0 Å². The predicted molar refractivity (Wildman–Crippen MR) is 44.3 cm³/mol. The average Bonchev–Trinajstić information content (AvgIpc) is 2.01. The number of hydrogen-bond donors (Lipinski definition) is 1. The van der Waals surface area contributed by atoms with Gasteiger partial charge < -0.3 is 5.32 Å². The van der Waals surface area contributed by atoms with Crippen LogP contribution in [0, 0.1) is 0 Å². The second kappa shape index (κ2) is 4.13. The highest BCUT2D eigenvalue weighted by Gasteiger charge is 2.13. The summed E-state index contributed by atoms with van der Waals surface area (Å²) in [6.45, 7) is 5.19. The van der Waals surface area contributed by atoms with Gasteiger partial charge in [0.25, 0.3) is 0 Å². The van der Waals surface area contributed by atoms with Gasteiger partial charge in [-0.15, -0.1) is 0 Å². The lowest BCUT2D eigenvalue weighted by atomic mass is 10.3. The van der Waals surface area contributed by atoms with Crippen LogP contribution in [-0.2, 0) is 4.79 Å². The Morgan fingerprint density at radius 2 is 2.55 bits per heavy atom. The molecule has 0 aliphatic carbocycles. The maximum atomic E-state index is 10.9. The highest BCUT2D eigenvalue weighted by Crippen LogP contribution is 1.92. The second-order valence-electron chi connectivity index (χ2n) is 2.65. The number of nitrogens with one attached hydrogen (secondary N) is 1. The van der Waals surface area contributed by atoms with Gasteiger partial charge in [-0.1, -0.05) is 12.2 Å². The van der Waals surface area contributed by atoms with E-state index in [2.05, 4.69) is 16.3 Å². The van der Waals surface area contributed by atoms with E-state index in [-0.39, 0.29) is 5.91 Å². The lowest BCUT2D eigenvalue weighted by Crippen LogP contribution is -2.47. The monoisotopic (exact) mass is 154 g/mol. The molecule has 1 aliphatic rings. The van der Waals surface area contributed by atoms with Crippen molar-refractivity contribution in [2.75, 3.05) is 26.2 Å². The number of nitrogens with zero attached hydrogens (tertiary/aromatic N) is 1. The van der Waals surface area contributed by atoms with Crippen molar-refractivity contribution in [2.45, 2.75) is 6.92 Å². The van der Waals surface area contributed by atoms with E-state index in [4.69, 9.17) is 0 Å². The minimum atomic E-state index is 0.140. The molecule has 0 aromatic carbocycles. The highest BCUT2D eigenvalue weighted by atomic mass is 16.2. The molecule has 0 spiro atoms. The predicted octanol–water partition coefficient (Wildman–Crippen LogP) is -0.00570. The number of carbonyl (C=O) groups excluding carboxylic acids is 1. The molecule has 0 aromatic heterocycles. The fraction of sp³-hybridized carbons (Fsp3) is 0.625. The van der Waals surface area contributed by atoms with E-state index in [1.807, 2.05) is 13.0 Å². The first-order valence-corrected chi connectivity index (χ1v) is 3.93. The Labute approximate surface area is 67.1 Å². The molecule has 62 valence electrons. The van der Waals surface area contributed by atoms with Crippen LogP contribution in [0.3, 0.4) is 0 Å². The minimum absolute atomic E-state index is 0.140. The Hall–Kier alpha value is -0.830. The smallest absolute Gasteiger partial charge is 0.234 e. The van der Waals surface area contributed by atoms with Crippen molar-refractivity contribution < 1.29 is 4.79 Å². The SMILES string of the molecule is C/C=C/CN1CCNC(=O)C1. The summed E-state index contributed by atoms with van der Waals surface area (Å²) < 4.78 is 0. The van der Waals surface area contributed by atoms with Crippen molar-refractivity contribution in [1.29, 1.82) is 0 Å². The summed E-state index contributed by atoms with van der Waals surface area (Å²) in [5.74, 6) is 0.140. The third kappa shape index (κ3) is 2.72. The molecule has 11 heavy (non-hydrogen) atoms. The van der Waals surface area contributed by atoms with Crippen LogP contribution in [0.2, 0.25) is 0 Å². The van der Waals surface area contributed by atoms with Gasteiger partial charge in [0.15, 0.2) is 0 Å². The third-order valence-electron chi connectivity index (χ3n) is 1.72. The van der Waals surface area contributed by atoms with Crippen LogP contribution in [0.5, 0.6) is 0 Å². The van der Waals surface area contributed by atoms with Gasteiger partial charge >= 0.3 is 0 Å². The number of amides is 1. The summed E-state index contributed by atoms with van der Waals surface area (Å²) in [7, 11) is 0. The van der Waals surface area contributed by atoms with Crippen LogP contribution in [0.1, 0.15) is 6.92 Å². The average molecular weight is 154 g/mol. The molecule has 1 N–H and O–H groups in total. The highest BCUT2D eigenvalue weighted by molar-refractivity contribution is 5.78. The Morgan fingerprint density at radius 1 is 1.73 bits per heavy atom. The van der Waals surface area contributed by atoms with E-state index in [9.17, 15) is 4.79 Å². The zero-order valence-electron chi connectivity index (χ0n) is 6.84. The van der Waals surface area contributed by atoms with Crippen molar-refractivity contribution in [3.63, 3.8) is 0 Å². The molecule has 1 heterocycles. The summed E-state index contributed by atoms with van der Waals surface area (Å²) in [4.78, 5) is 13.0. The van der Waals surface area contributed by atoms with Gasteiger partial charge in [0.2, 0.25) is 5.91 Å². The van der Waals surface area contributed by atoms with Crippen LogP contribution >= 0.6 is 0 Å². The first kappa shape index (κ1) is 8.27. The molecule has 3 heteroatoms. The Morgan fingerprint density at radius 3 is 3.18 bits per heavy atom. The molecule has 0 radical (unpaired) electrons. The Kier molecular flexibility index (Phi) is 3.11. The molecule has 0 saturated carbocycles. The molecule has 1 aliphatic heterocycles. The lowest BCUT2D eigenvalue weighted by Gasteiger charge is -2.24. The fourth-order valence-electron chi connectivity index (χ4n) is 1.10. The summed E-state index contributed by atoms with van der Waals surface area (Å²) in [6, 6.07) is 0. The number of rotatable bonds is 2. The summed E-state index contributed by atoms with van der Waals surface area (Å²) in [5.41, 5.74) is 0. The van der Waals surface area contributed by atoms with E-state index in [0.29, 0.717) is 6.54 Å². The largest absolute Gasteiger partial charge is 0.354 e. The van der Waals surface area contributed by atoms with Gasteiger partial charge in [0.05, 0.1) is 6.54 Å². The normalized spacial score (nSPS) is 20.6. The molecular formula is C8H14N2O. The molecule has 0 unspecified atom stereocenters. The van der Waals surface area contributed by atoms with Gasteiger partial charge in [-0.2, -0.15) is 0 Å². The van der Waals surface area contributed by atoms with Gasteiger partial charge in [-0.25, -0.2) is 0 Å². The van der Waals surface area contributed by atoms with Crippen LogP contribution < -0.4 is 5.32 Å². The van der Waals surface area contributed by atoms with Gasteiger partial charge in [0, 0.05) is 19.6 Å². The number of allylic oxidation sites excluding steroid dienone is 1. The van der Waals surface area contributed by atoms with E-state index in [1.165, 1.54) is 0 Å². The van der Waals surface area contributed by atoms with Gasteiger partial charge in [-0.05, 0) is 6.92 Å². The summed E-state index contributed by atoms with van der Waals surface area (Å²) in [6.07, 6.45) is 4.07. The van der Waals surface area contributed by atoms with Crippen LogP contribution in [0.15, 0.2) is 12.2 Å².